The quantitative estimate of drug-likeness (QED) is 0.151. The average Bonchev–Trinajstić information content (AvgIpc) is 2.98. The molecule has 0 aromatic heterocycles. The van der Waals surface area contributed by atoms with Gasteiger partial charge in [0.15, 0.2) is 0 Å². The van der Waals surface area contributed by atoms with Crippen LogP contribution in [0.1, 0.15) is 16.7 Å². The molecule has 204 valence electrons. The SMILES string of the molecule is C=CC(=O)Oc1ccc(C#Cc2cc(OC(=O)C=C)c(-c3ccc(OC(=O)C=C)cc3)c(OC(=O)C=C)c2C)cc1. The van der Waals surface area contributed by atoms with Gasteiger partial charge >= 0.3 is 23.9 Å². The third-order valence-electron chi connectivity index (χ3n) is 5.35. The molecule has 0 saturated heterocycles. The van der Waals surface area contributed by atoms with E-state index in [9.17, 15) is 19.2 Å². The Morgan fingerprint density at radius 2 is 1.10 bits per heavy atom. The van der Waals surface area contributed by atoms with Crippen molar-refractivity contribution in [3.63, 3.8) is 0 Å². The van der Waals surface area contributed by atoms with E-state index in [2.05, 4.69) is 38.2 Å². The van der Waals surface area contributed by atoms with E-state index >= 15 is 0 Å². The number of ether oxygens (including phenoxy) is 4. The molecule has 0 atom stereocenters. The van der Waals surface area contributed by atoms with E-state index in [0.29, 0.717) is 28.0 Å². The van der Waals surface area contributed by atoms with Crippen LogP contribution in [0, 0.1) is 18.8 Å². The zero-order valence-electron chi connectivity index (χ0n) is 22.1. The molecular formula is C33H24O8. The third kappa shape index (κ3) is 7.78. The predicted molar refractivity (Wildman–Crippen MR) is 152 cm³/mol. The molecular weight excluding hydrogens is 524 g/mol. The lowest BCUT2D eigenvalue weighted by Gasteiger charge is -2.18. The van der Waals surface area contributed by atoms with Gasteiger partial charge < -0.3 is 18.9 Å². The summed E-state index contributed by atoms with van der Waals surface area (Å²) >= 11 is 0. The first-order valence-corrected chi connectivity index (χ1v) is 12.0. The van der Waals surface area contributed by atoms with Gasteiger partial charge in [-0.2, -0.15) is 0 Å². The van der Waals surface area contributed by atoms with Gasteiger partial charge in [0.2, 0.25) is 0 Å². The van der Waals surface area contributed by atoms with E-state index < -0.39 is 23.9 Å². The van der Waals surface area contributed by atoms with Crippen LogP contribution >= 0.6 is 0 Å². The summed E-state index contributed by atoms with van der Waals surface area (Å²) in [6, 6.07) is 14.2. The van der Waals surface area contributed by atoms with Crippen molar-refractivity contribution in [2.75, 3.05) is 0 Å². The molecule has 0 radical (unpaired) electrons. The summed E-state index contributed by atoms with van der Waals surface area (Å²) in [6.45, 7) is 15.3. The van der Waals surface area contributed by atoms with Crippen molar-refractivity contribution in [1.29, 1.82) is 0 Å². The van der Waals surface area contributed by atoms with E-state index in [1.165, 1.54) is 18.2 Å². The highest BCUT2D eigenvalue weighted by Gasteiger charge is 2.22. The molecule has 0 fully saturated rings. The second-order valence-electron chi connectivity index (χ2n) is 8.05. The van der Waals surface area contributed by atoms with Crippen molar-refractivity contribution < 1.29 is 38.1 Å². The monoisotopic (exact) mass is 548 g/mol. The first kappa shape index (κ1) is 29.6. The predicted octanol–water partition coefficient (Wildman–Crippen LogP) is 5.43. The molecule has 8 nitrogen and oxygen atoms in total. The van der Waals surface area contributed by atoms with Gasteiger partial charge in [-0.3, -0.25) is 0 Å². The van der Waals surface area contributed by atoms with Crippen LogP contribution in [0.3, 0.4) is 0 Å². The molecule has 3 rings (SSSR count). The molecule has 0 unspecified atom stereocenters. The van der Waals surface area contributed by atoms with E-state index in [-0.39, 0.29) is 22.8 Å². The molecule has 0 spiro atoms. The van der Waals surface area contributed by atoms with Crippen molar-refractivity contribution in [2.45, 2.75) is 6.92 Å². The average molecular weight is 549 g/mol. The molecule has 0 aliphatic rings. The van der Waals surface area contributed by atoms with Crippen molar-refractivity contribution in [1.82, 2.24) is 0 Å². The fourth-order valence-corrected chi connectivity index (χ4v) is 3.39. The Morgan fingerprint density at radius 3 is 1.61 bits per heavy atom. The van der Waals surface area contributed by atoms with Crippen molar-refractivity contribution in [3.05, 3.63) is 122 Å². The maximum Gasteiger partial charge on any atom is 0.335 e. The maximum atomic E-state index is 12.3. The van der Waals surface area contributed by atoms with E-state index in [0.717, 1.165) is 24.3 Å². The van der Waals surface area contributed by atoms with Crippen LogP contribution in [0.2, 0.25) is 0 Å². The zero-order chi connectivity index (χ0) is 29.9. The highest BCUT2D eigenvalue weighted by atomic mass is 16.6. The molecule has 3 aromatic carbocycles. The van der Waals surface area contributed by atoms with Crippen LogP contribution in [0.5, 0.6) is 23.0 Å². The minimum absolute atomic E-state index is 0.0409. The fourth-order valence-electron chi connectivity index (χ4n) is 3.39. The summed E-state index contributed by atoms with van der Waals surface area (Å²) in [5, 5.41) is 0. The van der Waals surface area contributed by atoms with E-state index in [1.807, 2.05) is 0 Å². The summed E-state index contributed by atoms with van der Waals surface area (Å²) in [5.74, 6) is 3.96. The molecule has 0 heterocycles. The van der Waals surface area contributed by atoms with Gasteiger partial charge in [0, 0.05) is 41.0 Å². The van der Waals surface area contributed by atoms with Crippen molar-refractivity contribution in [2.24, 2.45) is 0 Å². The molecule has 41 heavy (non-hydrogen) atoms. The normalized spacial score (nSPS) is 9.68. The lowest BCUT2D eigenvalue weighted by Crippen LogP contribution is -2.10. The molecule has 0 aliphatic carbocycles. The summed E-state index contributed by atoms with van der Waals surface area (Å²) in [4.78, 5) is 47.5. The van der Waals surface area contributed by atoms with Crippen LogP contribution < -0.4 is 18.9 Å². The summed E-state index contributed by atoms with van der Waals surface area (Å²) in [7, 11) is 0. The Balaban J connectivity index is 2.15. The fraction of sp³-hybridized carbons (Fsp3) is 0.0303. The summed E-state index contributed by atoms with van der Waals surface area (Å²) in [5.41, 5.74) is 2.21. The molecule has 0 saturated carbocycles. The number of rotatable bonds is 9. The van der Waals surface area contributed by atoms with Gasteiger partial charge in [0.1, 0.15) is 23.0 Å². The Kier molecular flexibility index (Phi) is 9.92. The van der Waals surface area contributed by atoms with Crippen molar-refractivity contribution >= 4 is 23.9 Å². The topological polar surface area (TPSA) is 105 Å². The number of esters is 4. The highest BCUT2D eigenvalue weighted by molar-refractivity contribution is 5.91. The van der Waals surface area contributed by atoms with Crippen LogP contribution in [-0.4, -0.2) is 23.9 Å². The second kappa shape index (κ2) is 13.7. The maximum absolute atomic E-state index is 12.3. The van der Waals surface area contributed by atoms with Crippen LogP contribution in [-0.2, 0) is 19.2 Å². The highest BCUT2D eigenvalue weighted by Crippen LogP contribution is 2.43. The van der Waals surface area contributed by atoms with Gasteiger partial charge in [-0.1, -0.05) is 50.3 Å². The standard InChI is InChI=1S/C33H24O8/c1-6-28(34)38-25-16-11-22(12-17-25)10-13-24-20-27(40-30(36)8-3)32(33(21(24)5)41-31(37)9-4)23-14-18-26(19-15-23)39-29(35)7-2/h6-9,11-12,14-20H,1-4H2,5H3. The second-order valence-corrected chi connectivity index (χ2v) is 8.05. The molecule has 0 aliphatic heterocycles. The summed E-state index contributed by atoms with van der Waals surface area (Å²) in [6.07, 6.45) is 4.07. The zero-order valence-corrected chi connectivity index (χ0v) is 22.1. The van der Waals surface area contributed by atoms with Crippen molar-refractivity contribution in [3.8, 4) is 46.0 Å². The number of hydrogen-bond acceptors (Lipinski definition) is 8. The third-order valence-corrected chi connectivity index (χ3v) is 5.35. The molecule has 8 heteroatoms. The number of carbonyl (C=O) groups is 4. The van der Waals surface area contributed by atoms with Crippen LogP contribution in [0.25, 0.3) is 11.1 Å². The van der Waals surface area contributed by atoms with Gasteiger partial charge in [0.05, 0.1) is 5.56 Å². The molecule has 0 bridgehead atoms. The number of hydrogen-bond donors (Lipinski definition) is 0. The van der Waals surface area contributed by atoms with Gasteiger partial charge in [-0.05, 0) is 55.0 Å². The summed E-state index contributed by atoms with van der Waals surface area (Å²) < 4.78 is 21.3. The van der Waals surface area contributed by atoms with E-state index in [1.54, 1.807) is 43.3 Å². The lowest BCUT2D eigenvalue weighted by atomic mass is 9.96. The first-order chi connectivity index (χ1) is 19.7. The minimum Gasteiger partial charge on any atom is -0.423 e. The largest absolute Gasteiger partial charge is 0.423 e. The Bertz CT molecular complexity index is 1610. The molecule has 3 aromatic rings. The van der Waals surface area contributed by atoms with Gasteiger partial charge in [0.25, 0.3) is 0 Å². The molecule has 0 N–H and O–H groups in total. The minimum atomic E-state index is -0.754. The van der Waals surface area contributed by atoms with Crippen LogP contribution in [0.15, 0.2) is 105 Å². The lowest BCUT2D eigenvalue weighted by molar-refractivity contribution is -0.130. The van der Waals surface area contributed by atoms with Crippen LogP contribution in [0.4, 0.5) is 0 Å². The molecule has 0 amide bonds. The van der Waals surface area contributed by atoms with E-state index in [4.69, 9.17) is 18.9 Å². The first-order valence-electron chi connectivity index (χ1n) is 12.0. The Hall–Kier alpha value is -5.94. The Labute approximate surface area is 236 Å². The Morgan fingerprint density at radius 1 is 0.634 bits per heavy atom. The van der Waals surface area contributed by atoms with Gasteiger partial charge in [-0.25, -0.2) is 19.2 Å². The number of benzene rings is 3. The smallest absolute Gasteiger partial charge is 0.335 e. The number of carbonyl (C=O) groups excluding carboxylic acids is 4. The van der Waals surface area contributed by atoms with Gasteiger partial charge in [-0.15, -0.1) is 0 Å².